The molecule has 0 spiro atoms. The van der Waals surface area contributed by atoms with Crippen LogP contribution in [0.3, 0.4) is 0 Å². The minimum absolute atomic E-state index is 0.114. The molecule has 4 nitrogen and oxygen atoms in total. The summed E-state index contributed by atoms with van der Waals surface area (Å²) in [6.07, 6.45) is 0.102. The van der Waals surface area contributed by atoms with Crippen molar-refractivity contribution in [3.05, 3.63) is 59.2 Å². The number of carbonyl (C=O) groups excluding carboxylic acids is 1. The van der Waals surface area contributed by atoms with E-state index in [9.17, 15) is 4.79 Å². The highest BCUT2D eigenvalue weighted by atomic mass is 16.5. The van der Waals surface area contributed by atoms with E-state index >= 15 is 0 Å². The lowest BCUT2D eigenvalue weighted by Gasteiger charge is -2.18. The minimum Gasteiger partial charge on any atom is -0.491 e. The van der Waals surface area contributed by atoms with Crippen LogP contribution in [0.25, 0.3) is 0 Å². The molecular formula is C23H31NO3. The number of ether oxygens (including phenoxy) is 2. The molecule has 0 saturated carbocycles. The minimum atomic E-state index is -0.505. The summed E-state index contributed by atoms with van der Waals surface area (Å²) >= 11 is 0. The van der Waals surface area contributed by atoms with Gasteiger partial charge < -0.3 is 14.8 Å². The average Bonchev–Trinajstić information content (AvgIpc) is 2.62. The zero-order valence-corrected chi connectivity index (χ0v) is 17.0. The van der Waals surface area contributed by atoms with Gasteiger partial charge in [0.25, 0.3) is 5.91 Å². The highest BCUT2D eigenvalue weighted by Crippen LogP contribution is 2.25. The third kappa shape index (κ3) is 6.31. The first kappa shape index (κ1) is 20.8. The summed E-state index contributed by atoms with van der Waals surface area (Å²) in [7, 11) is 0. The van der Waals surface area contributed by atoms with E-state index in [0.29, 0.717) is 25.5 Å². The highest BCUT2D eigenvalue weighted by molar-refractivity contribution is 5.81. The van der Waals surface area contributed by atoms with E-state index in [1.54, 1.807) is 0 Å². The standard InChI is InChI=1S/C23H31NO3/c1-6-21(27-19-14-17(4)13-18(5)15-19)23(25)24-11-12-26-22-10-8-7-9-20(22)16(2)3/h7-10,13-16,21H,6,11-12H2,1-5H3,(H,24,25)/t21-/m0/s1. The maximum absolute atomic E-state index is 12.4. The number of hydrogen-bond donors (Lipinski definition) is 1. The molecule has 146 valence electrons. The molecule has 1 atom stereocenters. The molecule has 0 bridgehead atoms. The van der Waals surface area contributed by atoms with Gasteiger partial charge in [-0.25, -0.2) is 0 Å². The van der Waals surface area contributed by atoms with E-state index in [1.165, 1.54) is 5.56 Å². The third-order valence-electron chi connectivity index (χ3n) is 4.34. The van der Waals surface area contributed by atoms with Gasteiger partial charge in [-0.2, -0.15) is 0 Å². The summed E-state index contributed by atoms with van der Waals surface area (Å²) in [5.41, 5.74) is 3.42. The van der Waals surface area contributed by atoms with Crippen molar-refractivity contribution in [2.24, 2.45) is 0 Å². The molecule has 1 N–H and O–H groups in total. The lowest BCUT2D eigenvalue weighted by molar-refractivity contribution is -0.128. The number of amides is 1. The van der Waals surface area contributed by atoms with Crippen molar-refractivity contribution < 1.29 is 14.3 Å². The topological polar surface area (TPSA) is 47.6 Å². The molecule has 0 aliphatic rings. The Morgan fingerprint density at radius 2 is 1.74 bits per heavy atom. The molecule has 2 aromatic carbocycles. The summed E-state index contributed by atoms with van der Waals surface area (Å²) < 4.78 is 11.8. The summed E-state index contributed by atoms with van der Waals surface area (Å²) in [5.74, 6) is 1.89. The molecule has 0 aliphatic heterocycles. The molecule has 0 aromatic heterocycles. The smallest absolute Gasteiger partial charge is 0.261 e. The van der Waals surface area contributed by atoms with E-state index in [2.05, 4.69) is 31.3 Å². The predicted molar refractivity (Wildman–Crippen MR) is 110 cm³/mol. The van der Waals surface area contributed by atoms with Crippen molar-refractivity contribution in [2.75, 3.05) is 13.2 Å². The molecule has 0 unspecified atom stereocenters. The molecule has 0 saturated heterocycles. The van der Waals surface area contributed by atoms with Crippen molar-refractivity contribution in [3.63, 3.8) is 0 Å². The van der Waals surface area contributed by atoms with E-state index < -0.39 is 6.10 Å². The number of hydrogen-bond acceptors (Lipinski definition) is 3. The van der Waals surface area contributed by atoms with Crippen molar-refractivity contribution in [1.29, 1.82) is 0 Å². The number of carbonyl (C=O) groups is 1. The SMILES string of the molecule is CC[C@H](Oc1cc(C)cc(C)c1)C(=O)NCCOc1ccccc1C(C)C. The van der Waals surface area contributed by atoms with Crippen molar-refractivity contribution in [1.82, 2.24) is 5.32 Å². The molecule has 0 radical (unpaired) electrons. The monoisotopic (exact) mass is 369 g/mol. The molecule has 0 heterocycles. The van der Waals surface area contributed by atoms with Crippen molar-refractivity contribution >= 4 is 5.91 Å². The maximum atomic E-state index is 12.4. The van der Waals surface area contributed by atoms with Gasteiger partial charge >= 0.3 is 0 Å². The van der Waals surface area contributed by atoms with Crippen LogP contribution in [-0.4, -0.2) is 25.2 Å². The Bertz CT molecular complexity index is 735. The number of benzene rings is 2. The van der Waals surface area contributed by atoms with Gasteiger partial charge in [-0.05, 0) is 61.1 Å². The molecule has 0 fully saturated rings. The summed E-state index contributed by atoms with van der Waals surface area (Å²) in [5, 5.41) is 2.91. The average molecular weight is 370 g/mol. The Labute approximate surface area is 162 Å². The van der Waals surface area contributed by atoms with Gasteiger partial charge in [-0.3, -0.25) is 4.79 Å². The van der Waals surface area contributed by atoms with Crippen LogP contribution in [0.2, 0.25) is 0 Å². The zero-order chi connectivity index (χ0) is 19.8. The first-order valence-corrected chi connectivity index (χ1v) is 9.65. The molecule has 4 heteroatoms. The Morgan fingerprint density at radius 1 is 1.07 bits per heavy atom. The first-order valence-electron chi connectivity index (χ1n) is 9.65. The fraction of sp³-hybridized carbons (Fsp3) is 0.435. The normalized spacial score (nSPS) is 11.9. The van der Waals surface area contributed by atoms with E-state index in [4.69, 9.17) is 9.47 Å². The zero-order valence-electron chi connectivity index (χ0n) is 17.0. The van der Waals surface area contributed by atoms with Crippen LogP contribution >= 0.6 is 0 Å². The largest absolute Gasteiger partial charge is 0.491 e. The van der Waals surface area contributed by atoms with Crippen LogP contribution in [0.4, 0.5) is 0 Å². The summed E-state index contributed by atoms with van der Waals surface area (Å²) in [6, 6.07) is 14.0. The maximum Gasteiger partial charge on any atom is 0.261 e. The molecule has 27 heavy (non-hydrogen) atoms. The van der Waals surface area contributed by atoms with E-state index in [-0.39, 0.29) is 5.91 Å². The molecule has 0 aliphatic carbocycles. The van der Waals surface area contributed by atoms with Gasteiger partial charge in [0.1, 0.15) is 18.1 Å². The van der Waals surface area contributed by atoms with Crippen LogP contribution in [0.15, 0.2) is 42.5 Å². The van der Waals surface area contributed by atoms with Crippen LogP contribution in [0.5, 0.6) is 11.5 Å². The number of nitrogens with one attached hydrogen (secondary N) is 1. The van der Waals surface area contributed by atoms with Crippen LogP contribution in [0.1, 0.15) is 49.8 Å². The molecule has 2 rings (SSSR count). The Balaban J connectivity index is 1.85. The van der Waals surface area contributed by atoms with E-state index in [0.717, 1.165) is 22.6 Å². The van der Waals surface area contributed by atoms with Gasteiger partial charge in [0.15, 0.2) is 6.10 Å². The molecular weight excluding hydrogens is 338 g/mol. The van der Waals surface area contributed by atoms with E-state index in [1.807, 2.05) is 51.1 Å². The summed E-state index contributed by atoms with van der Waals surface area (Å²) in [4.78, 5) is 12.4. The van der Waals surface area contributed by atoms with Gasteiger partial charge in [-0.15, -0.1) is 0 Å². The van der Waals surface area contributed by atoms with Crippen molar-refractivity contribution in [3.8, 4) is 11.5 Å². The lowest BCUT2D eigenvalue weighted by atomic mass is 10.0. The van der Waals surface area contributed by atoms with Crippen LogP contribution in [0, 0.1) is 13.8 Å². The molecule has 1 amide bonds. The van der Waals surface area contributed by atoms with Gasteiger partial charge in [-0.1, -0.05) is 45.0 Å². The second-order valence-corrected chi connectivity index (χ2v) is 7.17. The number of rotatable bonds is 9. The molecule has 2 aromatic rings. The van der Waals surface area contributed by atoms with Crippen LogP contribution < -0.4 is 14.8 Å². The highest BCUT2D eigenvalue weighted by Gasteiger charge is 2.18. The third-order valence-corrected chi connectivity index (χ3v) is 4.34. The Hall–Kier alpha value is -2.49. The quantitative estimate of drug-likeness (QED) is 0.647. The first-order chi connectivity index (χ1) is 12.9. The fourth-order valence-electron chi connectivity index (χ4n) is 3.03. The predicted octanol–water partition coefficient (Wildman–Crippen LogP) is 4.78. The van der Waals surface area contributed by atoms with Crippen LogP contribution in [-0.2, 0) is 4.79 Å². The fourth-order valence-corrected chi connectivity index (χ4v) is 3.03. The number of aryl methyl sites for hydroxylation is 2. The Morgan fingerprint density at radius 3 is 2.37 bits per heavy atom. The lowest BCUT2D eigenvalue weighted by Crippen LogP contribution is -2.39. The van der Waals surface area contributed by atoms with Crippen molar-refractivity contribution in [2.45, 2.75) is 53.1 Å². The van der Waals surface area contributed by atoms with Gasteiger partial charge in [0.2, 0.25) is 0 Å². The van der Waals surface area contributed by atoms with Gasteiger partial charge in [0, 0.05) is 0 Å². The van der Waals surface area contributed by atoms with Gasteiger partial charge in [0.05, 0.1) is 6.54 Å². The second kappa shape index (κ2) is 10.0. The Kier molecular flexibility index (Phi) is 7.71. The second-order valence-electron chi connectivity index (χ2n) is 7.17. The number of para-hydroxylation sites is 1. The summed E-state index contributed by atoms with van der Waals surface area (Å²) in [6.45, 7) is 11.1.